The summed E-state index contributed by atoms with van der Waals surface area (Å²) in [5.74, 6) is -1.33. The molecule has 0 aromatic heterocycles. The number of nitrogens with one attached hydrogen (secondary N) is 3. The van der Waals surface area contributed by atoms with E-state index in [4.69, 9.17) is 0 Å². The Kier molecular flexibility index (Phi) is 6.73. The number of hydrogen-bond donors (Lipinski definition) is 3. The summed E-state index contributed by atoms with van der Waals surface area (Å²) in [7, 11) is 0. The molecule has 2 aromatic rings. The van der Waals surface area contributed by atoms with E-state index in [9.17, 15) is 14.0 Å². The highest BCUT2D eigenvalue weighted by atomic mass is 19.1. The molecule has 0 saturated carbocycles. The Morgan fingerprint density at radius 1 is 1.11 bits per heavy atom. The molecule has 1 fully saturated rings. The number of halogens is 1. The number of carbonyl (C=O) groups is 2. The molecule has 6 nitrogen and oxygen atoms in total. The van der Waals surface area contributed by atoms with Crippen molar-refractivity contribution in [2.75, 3.05) is 44.6 Å². The number of amides is 2. The van der Waals surface area contributed by atoms with Crippen molar-refractivity contribution in [3.05, 3.63) is 65.0 Å². The second-order valence-electron chi connectivity index (χ2n) is 6.81. The van der Waals surface area contributed by atoms with E-state index in [1.807, 2.05) is 6.92 Å². The molecule has 2 amide bonds. The summed E-state index contributed by atoms with van der Waals surface area (Å²) in [6.07, 6.45) is 0. The predicted octanol–water partition coefficient (Wildman–Crippen LogP) is 2.02. The van der Waals surface area contributed by atoms with Crippen LogP contribution >= 0.6 is 0 Å². The van der Waals surface area contributed by atoms with Crippen molar-refractivity contribution < 1.29 is 14.0 Å². The van der Waals surface area contributed by atoms with Crippen molar-refractivity contribution >= 4 is 17.5 Å². The molecule has 1 aliphatic rings. The fourth-order valence-electron chi connectivity index (χ4n) is 3.10. The van der Waals surface area contributed by atoms with Gasteiger partial charge in [-0.25, -0.2) is 4.39 Å². The van der Waals surface area contributed by atoms with Gasteiger partial charge >= 0.3 is 0 Å². The molecule has 148 valence electrons. The van der Waals surface area contributed by atoms with Crippen LogP contribution in [0.15, 0.2) is 42.5 Å². The molecule has 0 radical (unpaired) electrons. The van der Waals surface area contributed by atoms with Gasteiger partial charge < -0.3 is 16.0 Å². The van der Waals surface area contributed by atoms with Crippen molar-refractivity contribution in [2.45, 2.75) is 6.92 Å². The van der Waals surface area contributed by atoms with Crippen molar-refractivity contribution in [1.29, 1.82) is 0 Å². The highest BCUT2D eigenvalue weighted by Crippen LogP contribution is 2.19. The fourth-order valence-corrected chi connectivity index (χ4v) is 3.10. The predicted molar refractivity (Wildman–Crippen MR) is 107 cm³/mol. The normalized spacial score (nSPS) is 14.5. The van der Waals surface area contributed by atoms with E-state index in [0.29, 0.717) is 17.8 Å². The Morgan fingerprint density at radius 3 is 2.61 bits per heavy atom. The van der Waals surface area contributed by atoms with Gasteiger partial charge in [0, 0.05) is 50.5 Å². The first-order valence-electron chi connectivity index (χ1n) is 9.42. The van der Waals surface area contributed by atoms with E-state index < -0.39 is 11.7 Å². The fraction of sp³-hybridized carbons (Fsp3) is 0.333. The lowest BCUT2D eigenvalue weighted by Gasteiger charge is -2.27. The van der Waals surface area contributed by atoms with Gasteiger partial charge in [0.15, 0.2) is 0 Å². The van der Waals surface area contributed by atoms with E-state index in [2.05, 4.69) is 20.9 Å². The van der Waals surface area contributed by atoms with Gasteiger partial charge in [-0.15, -0.1) is 0 Å². The van der Waals surface area contributed by atoms with Crippen molar-refractivity contribution in [3.8, 4) is 0 Å². The summed E-state index contributed by atoms with van der Waals surface area (Å²) in [4.78, 5) is 27.1. The molecule has 1 saturated heterocycles. The van der Waals surface area contributed by atoms with Crippen molar-refractivity contribution in [3.63, 3.8) is 0 Å². The molecule has 3 N–H and O–H groups in total. The molecule has 1 heterocycles. The summed E-state index contributed by atoms with van der Waals surface area (Å²) in [6.45, 7) is 7.08. The highest BCUT2D eigenvalue weighted by Gasteiger charge is 2.14. The topological polar surface area (TPSA) is 73.5 Å². The summed E-state index contributed by atoms with van der Waals surface area (Å²) in [5, 5.41) is 8.90. The standard InChI is InChI=1S/C21H25FN4O2/c1-15-6-7-16(20(27)24-10-13-26-11-8-23-9-12-26)14-19(15)25-21(28)17-4-2-3-5-18(17)22/h2-7,14,23H,8-13H2,1H3,(H,24,27)(H,25,28). The number of hydrogen-bond acceptors (Lipinski definition) is 4. The van der Waals surface area contributed by atoms with Crippen molar-refractivity contribution in [2.24, 2.45) is 0 Å². The zero-order valence-corrected chi connectivity index (χ0v) is 15.9. The summed E-state index contributed by atoms with van der Waals surface area (Å²) < 4.78 is 13.8. The minimum atomic E-state index is -0.584. The number of aryl methyl sites for hydroxylation is 1. The summed E-state index contributed by atoms with van der Waals surface area (Å²) in [5.41, 5.74) is 1.70. The van der Waals surface area contributed by atoms with Crippen molar-refractivity contribution in [1.82, 2.24) is 15.5 Å². The van der Waals surface area contributed by atoms with E-state index in [-0.39, 0.29) is 11.5 Å². The third kappa shape index (κ3) is 5.15. The molecule has 0 aliphatic carbocycles. The number of carbonyl (C=O) groups excluding carboxylic acids is 2. The van der Waals surface area contributed by atoms with Gasteiger partial charge in [-0.1, -0.05) is 18.2 Å². The minimum absolute atomic E-state index is 0.0345. The minimum Gasteiger partial charge on any atom is -0.351 e. The number of nitrogens with zero attached hydrogens (tertiary/aromatic N) is 1. The first kappa shape index (κ1) is 20.0. The van der Waals surface area contributed by atoms with Gasteiger partial charge in [-0.2, -0.15) is 0 Å². The monoisotopic (exact) mass is 384 g/mol. The molecule has 7 heteroatoms. The maximum atomic E-state index is 13.8. The van der Waals surface area contributed by atoms with E-state index in [1.54, 1.807) is 24.3 Å². The molecule has 1 aliphatic heterocycles. The highest BCUT2D eigenvalue weighted by molar-refractivity contribution is 6.05. The molecular weight excluding hydrogens is 359 g/mol. The van der Waals surface area contributed by atoms with Crippen LogP contribution in [0.5, 0.6) is 0 Å². The Bertz CT molecular complexity index is 850. The molecular formula is C21H25FN4O2. The maximum absolute atomic E-state index is 13.8. The van der Waals surface area contributed by atoms with Gasteiger partial charge in [-0.05, 0) is 36.8 Å². The molecule has 0 spiro atoms. The largest absolute Gasteiger partial charge is 0.351 e. The van der Waals surface area contributed by atoms with Crippen LogP contribution in [0.25, 0.3) is 0 Å². The van der Waals surface area contributed by atoms with Crippen LogP contribution in [-0.4, -0.2) is 56.0 Å². The third-order valence-corrected chi connectivity index (χ3v) is 4.79. The van der Waals surface area contributed by atoms with Gasteiger partial charge in [0.05, 0.1) is 5.56 Å². The lowest BCUT2D eigenvalue weighted by molar-refractivity contribution is 0.0946. The molecule has 0 atom stereocenters. The van der Waals surface area contributed by atoms with Gasteiger partial charge in [0.25, 0.3) is 11.8 Å². The van der Waals surface area contributed by atoms with Crippen LogP contribution in [0.4, 0.5) is 10.1 Å². The number of anilines is 1. The lowest BCUT2D eigenvalue weighted by Crippen LogP contribution is -2.46. The summed E-state index contributed by atoms with van der Waals surface area (Å²) in [6, 6.07) is 10.9. The number of benzene rings is 2. The van der Waals surface area contributed by atoms with Gasteiger partial charge in [0.2, 0.25) is 0 Å². The Labute approximate surface area is 164 Å². The van der Waals surface area contributed by atoms with Gasteiger partial charge in [0.1, 0.15) is 5.82 Å². The van der Waals surface area contributed by atoms with E-state index >= 15 is 0 Å². The summed E-state index contributed by atoms with van der Waals surface area (Å²) >= 11 is 0. The Balaban J connectivity index is 1.61. The molecule has 0 bridgehead atoms. The zero-order chi connectivity index (χ0) is 19.9. The van der Waals surface area contributed by atoms with E-state index in [0.717, 1.165) is 38.3 Å². The average molecular weight is 384 g/mol. The van der Waals surface area contributed by atoms with Crippen LogP contribution in [0, 0.1) is 12.7 Å². The number of rotatable bonds is 6. The molecule has 3 rings (SSSR count). The first-order chi connectivity index (χ1) is 13.5. The average Bonchev–Trinajstić information content (AvgIpc) is 2.70. The zero-order valence-electron chi connectivity index (χ0n) is 15.9. The van der Waals surface area contributed by atoms with Crippen LogP contribution in [0.3, 0.4) is 0 Å². The van der Waals surface area contributed by atoms with Crippen LogP contribution in [0.1, 0.15) is 26.3 Å². The second-order valence-corrected chi connectivity index (χ2v) is 6.81. The van der Waals surface area contributed by atoms with Gasteiger partial charge in [-0.3, -0.25) is 14.5 Å². The van der Waals surface area contributed by atoms with Crippen LogP contribution < -0.4 is 16.0 Å². The first-order valence-corrected chi connectivity index (χ1v) is 9.42. The second kappa shape index (κ2) is 9.43. The van der Waals surface area contributed by atoms with Crippen LogP contribution in [-0.2, 0) is 0 Å². The van der Waals surface area contributed by atoms with E-state index in [1.165, 1.54) is 18.2 Å². The maximum Gasteiger partial charge on any atom is 0.258 e. The molecule has 28 heavy (non-hydrogen) atoms. The van der Waals surface area contributed by atoms with Crippen LogP contribution in [0.2, 0.25) is 0 Å². The lowest BCUT2D eigenvalue weighted by atomic mass is 10.1. The third-order valence-electron chi connectivity index (χ3n) is 4.79. The SMILES string of the molecule is Cc1ccc(C(=O)NCCN2CCNCC2)cc1NC(=O)c1ccccc1F. The Hall–Kier alpha value is -2.77. The quantitative estimate of drug-likeness (QED) is 0.713. The smallest absolute Gasteiger partial charge is 0.258 e. The molecule has 2 aromatic carbocycles. The Morgan fingerprint density at radius 2 is 1.86 bits per heavy atom. The molecule has 0 unspecified atom stereocenters. The number of piperazine rings is 1.